The average molecular weight is 179 g/mol. The fraction of sp³-hybridized carbons (Fsp3) is 0.800. The fourth-order valence-electron chi connectivity index (χ4n) is 2.15. The molecule has 0 aromatic heterocycles. The number of ketones is 1. The highest BCUT2D eigenvalue weighted by Crippen LogP contribution is 2.36. The second-order valence-electron chi connectivity index (χ2n) is 4.03. The van der Waals surface area contributed by atoms with Crippen molar-refractivity contribution in [2.45, 2.75) is 25.7 Å². The summed E-state index contributed by atoms with van der Waals surface area (Å²) in [5, 5.41) is 8.92. The highest BCUT2D eigenvalue weighted by molar-refractivity contribution is 5.90. The van der Waals surface area contributed by atoms with Gasteiger partial charge in [0.05, 0.1) is 19.3 Å². The van der Waals surface area contributed by atoms with E-state index >= 15 is 0 Å². The van der Waals surface area contributed by atoms with Crippen LogP contribution in [0, 0.1) is 22.7 Å². The first-order chi connectivity index (χ1) is 6.28. The molecule has 1 aliphatic carbocycles. The van der Waals surface area contributed by atoms with Gasteiger partial charge in [0.2, 0.25) is 0 Å². The maximum Gasteiger partial charge on any atom is 0.162 e. The van der Waals surface area contributed by atoms with Gasteiger partial charge in [0.15, 0.2) is 11.2 Å². The first kappa shape index (κ1) is 8.71. The molecule has 1 aliphatic heterocycles. The smallest absolute Gasteiger partial charge is 0.162 e. The molecule has 0 radical (unpaired) electrons. The van der Waals surface area contributed by atoms with Gasteiger partial charge in [-0.15, -0.1) is 0 Å². The van der Waals surface area contributed by atoms with Crippen molar-refractivity contribution < 1.29 is 9.53 Å². The second kappa shape index (κ2) is 3.12. The minimum absolute atomic E-state index is 0.138. The van der Waals surface area contributed by atoms with Crippen LogP contribution in [0.1, 0.15) is 25.7 Å². The number of ether oxygens (including phenoxy) is 1. The van der Waals surface area contributed by atoms with E-state index in [1.807, 2.05) is 0 Å². The molecule has 0 spiro atoms. The van der Waals surface area contributed by atoms with Gasteiger partial charge in [0.25, 0.3) is 0 Å². The zero-order chi connectivity index (χ0) is 9.31. The molecule has 0 aromatic rings. The molecule has 3 nitrogen and oxygen atoms in total. The van der Waals surface area contributed by atoms with Crippen LogP contribution in [-0.2, 0) is 9.53 Å². The number of carbonyl (C=O) groups is 1. The Morgan fingerprint density at radius 2 is 2.00 bits per heavy atom. The summed E-state index contributed by atoms with van der Waals surface area (Å²) in [5.41, 5.74) is -0.769. The number of hydrogen-bond donors (Lipinski definition) is 0. The average Bonchev–Trinajstić information content (AvgIpc) is 2.54. The van der Waals surface area contributed by atoms with Gasteiger partial charge in [0.1, 0.15) is 0 Å². The Hall–Kier alpha value is -0.880. The molecule has 13 heavy (non-hydrogen) atoms. The van der Waals surface area contributed by atoms with Crippen LogP contribution in [0.25, 0.3) is 0 Å². The minimum atomic E-state index is -0.769. The fourth-order valence-corrected chi connectivity index (χ4v) is 2.15. The summed E-state index contributed by atoms with van der Waals surface area (Å²) in [6, 6.07) is 2.12. The summed E-state index contributed by atoms with van der Waals surface area (Å²) in [4.78, 5) is 11.9. The number of Topliss-reactive ketones (excluding diaryl/α,β-unsaturated/α-hetero) is 1. The summed E-state index contributed by atoms with van der Waals surface area (Å²) < 4.78 is 4.97. The predicted octanol–water partition coefficient (Wildman–Crippen LogP) is 1.29. The lowest BCUT2D eigenvalue weighted by atomic mass is 9.77. The predicted molar refractivity (Wildman–Crippen MR) is 45.8 cm³/mol. The van der Waals surface area contributed by atoms with Crippen LogP contribution in [0.2, 0.25) is 0 Å². The number of hydrogen-bond acceptors (Lipinski definition) is 3. The monoisotopic (exact) mass is 179 g/mol. The molecular formula is C10H13NO2. The molecule has 2 aliphatic rings. The Balaban J connectivity index is 2.07. The lowest BCUT2D eigenvalue weighted by molar-refractivity contribution is -0.151. The molecule has 2 rings (SSSR count). The van der Waals surface area contributed by atoms with Crippen molar-refractivity contribution in [3.8, 4) is 6.07 Å². The van der Waals surface area contributed by atoms with Crippen molar-refractivity contribution in [1.82, 2.24) is 0 Å². The van der Waals surface area contributed by atoms with Gasteiger partial charge < -0.3 is 4.74 Å². The summed E-state index contributed by atoms with van der Waals surface area (Å²) in [5.74, 6) is 0.280. The van der Waals surface area contributed by atoms with Crippen molar-refractivity contribution in [3.05, 3.63) is 0 Å². The van der Waals surface area contributed by atoms with Gasteiger partial charge in [0, 0.05) is 5.92 Å². The van der Waals surface area contributed by atoms with Gasteiger partial charge in [-0.2, -0.15) is 5.26 Å². The van der Waals surface area contributed by atoms with Gasteiger partial charge in [-0.3, -0.25) is 4.79 Å². The van der Waals surface area contributed by atoms with Crippen LogP contribution in [0.5, 0.6) is 0 Å². The molecule has 1 heterocycles. The number of nitrogens with zero attached hydrogens (tertiary/aromatic N) is 1. The van der Waals surface area contributed by atoms with Crippen LogP contribution in [0.3, 0.4) is 0 Å². The van der Waals surface area contributed by atoms with Crippen LogP contribution in [0.4, 0.5) is 0 Å². The van der Waals surface area contributed by atoms with Gasteiger partial charge >= 0.3 is 0 Å². The van der Waals surface area contributed by atoms with E-state index in [0.29, 0.717) is 13.2 Å². The third-order valence-electron chi connectivity index (χ3n) is 3.11. The Morgan fingerprint density at radius 1 is 1.38 bits per heavy atom. The van der Waals surface area contributed by atoms with Crippen LogP contribution in [0.15, 0.2) is 0 Å². The van der Waals surface area contributed by atoms with Crippen LogP contribution >= 0.6 is 0 Å². The first-order valence-corrected chi connectivity index (χ1v) is 4.82. The third kappa shape index (κ3) is 1.26. The quantitative estimate of drug-likeness (QED) is 0.641. The molecule has 0 atom stereocenters. The molecule has 1 saturated heterocycles. The Bertz CT molecular complexity index is 257. The van der Waals surface area contributed by atoms with E-state index in [9.17, 15) is 4.79 Å². The molecular weight excluding hydrogens is 166 g/mol. The SMILES string of the molecule is N#CC1(C(=O)C2CCCC2)COC1. The van der Waals surface area contributed by atoms with Crippen molar-refractivity contribution in [1.29, 1.82) is 5.26 Å². The molecule has 0 N–H and O–H groups in total. The zero-order valence-electron chi connectivity index (χ0n) is 7.58. The summed E-state index contributed by atoms with van der Waals surface area (Å²) in [6.07, 6.45) is 4.22. The van der Waals surface area contributed by atoms with Crippen molar-refractivity contribution in [2.75, 3.05) is 13.2 Å². The maximum atomic E-state index is 11.9. The summed E-state index contributed by atoms with van der Waals surface area (Å²) in [7, 11) is 0. The third-order valence-corrected chi connectivity index (χ3v) is 3.11. The molecule has 1 saturated carbocycles. The molecule has 0 amide bonds. The molecule has 0 bridgehead atoms. The minimum Gasteiger partial charge on any atom is -0.377 e. The highest BCUT2D eigenvalue weighted by atomic mass is 16.5. The maximum absolute atomic E-state index is 11.9. The standard InChI is InChI=1S/C10H13NO2/c11-5-10(6-13-7-10)9(12)8-3-1-2-4-8/h8H,1-4,6-7H2. The number of rotatable bonds is 2. The van der Waals surface area contributed by atoms with Crippen LogP contribution < -0.4 is 0 Å². The molecule has 0 aromatic carbocycles. The lowest BCUT2D eigenvalue weighted by Crippen LogP contribution is -2.50. The summed E-state index contributed by atoms with van der Waals surface area (Å²) >= 11 is 0. The van der Waals surface area contributed by atoms with Gasteiger partial charge in [-0.25, -0.2) is 0 Å². The van der Waals surface area contributed by atoms with E-state index in [0.717, 1.165) is 25.7 Å². The topological polar surface area (TPSA) is 50.1 Å². The number of nitriles is 1. The largest absolute Gasteiger partial charge is 0.377 e. The van der Waals surface area contributed by atoms with Crippen molar-refractivity contribution in [3.63, 3.8) is 0 Å². The van der Waals surface area contributed by atoms with Crippen molar-refractivity contribution >= 4 is 5.78 Å². The first-order valence-electron chi connectivity index (χ1n) is 4.82. The van der Waals surface area contributed by atoms with Crippen molar-refractivity contribution in [2.24, 2.45) is 11.3 Å². The molecule has 70 valence electrons. The Kier molecular flexibility index (Phi) is 2.09. The van der Waals surface area contributed by atoms with E-state index in [2.05, 4.69) is 6.07 Å². The van der Waals surface area contributed by atoms with E-state index in [-0.39, 0.29) is 11.7 Å². The molecule has 2 fully saturated rings. The van der Waals surface area contributed by atoms with E-state index < -0.39 is 5.41 Å². The zero-order valence-corrected chi connectivity index (χ0v) is 7.58. The lowest BCUT2D eigenvalue weighted by Gasteiger charge is -2.35. The second-order valence-corrected chi connectivity index (χ2v) is 4.03. The van der Waals surface area contributed by atoms with E-state index in [1.54, 1.807) is 0 Å². The normalized spacial score (nSPS) is 26.4. The molecule has 3 heteroatoms. The van der Waals surface area contributed by atoms with Gasteiger partial charge in [-0.1, -0.05) is 12.8 Å². The highest BCUT2D eigenvalue weighted by Gasteiger charge is 2.49. The molecule has 0 unspecified atom stereocenters. The van der Waals surface area contributed by atoms with E-state index in [1.165, 1.54) is 0 Å². The summed E-state index contributed by atoms with van der Waals surface area (Å²) in [6.45, 7) is 0.637. The Morgan fingerprint density at radius 3 is 2.38 bits per heavy atom. The van der Waals surface area contributed by atoms with E-state index in [4.69, 9.17) is 10.00 Å². The van der Waals surface area contributed by atoms with Crippen LogP contribution in [-0.4, -0.2) is 19.0 Å². The number of carbonyl (C=O) groups excluding carboxylic acids is 1. The van der Waals surface area contributed by atoms with Gasteiger partial charge in [-0.05, 0) is 12.8 Å². The Labute approximate surface area is 77.7 Å².